The van der Waals surface area contributed by atoms with Gasteiger partial charge in [-0.25, -0.2) is 0 Å². The predicted octanol–water partition coefficient (Wildman–Crippen LogP) is 5.60. The molecule has 29 heavy (non-hydrogen) atoms. The summed E-state index contributed by atoms with van der Waals surface area (Å²) >= 11 is 1.55. The first-order chi connectivity index (χ1) is 13.9. The number of carbonyl (C=O) groups excluding carboxylic acids is 2. The molecule has 3 aromatic rings. The van der Waals surface area contributed by atoms with Gasteiger partial charge in [0.2, 0.25) is 5.91 Å². The van der Waals surface area contributed by atoms with Gasteiger partial charge in [0.05, 0.1) is 11.7 Å². The predicted molar refractivity (Wildman–Crippen MR) is 118 cm³/mol. The van der Waals surface area contributed by atoms with E-state index >= 15 is 0 Å². The van der Waals surface area contributed by atoms with Gasteiger partial charge in [0.25, 0.3) is 5.91 Å². The van der Waals surface area contributed by atoms with Gasteiger partial charge >= 0.3 is 0 Å². The van der Waals surface area contributed by atoms with Gasteiger partial charge in [-0.1, -0.05) is 59.8 Å². The van der Waals surface area contributed by atoms with Gasteiger partial charge in [-0.05, 0) is 49.7 Å². The topological polar surface area (TPSA) is 58.2 Å². The molecule has 4 nitrogen and oxygen atoms in total. The molecule has 0 bridgehead atoms. The highest BCUT2D eigenvalue weighted by Gasteiger charge is 2.14. The van der Waals surface area contributed by atoms with Crippen LogP contribution < -0.4 is 10.6 Å². The van der Waals surface area contributed by atoms with Crippen LogP contribution >= 0.6 is 11.8 Å². The Kier molecular flexibility index (Phi) is 6.73. The first-order valence-corrected chi connectivity index (χ1v) is 10.3. The van der Waals surface area contributed by atoms with Crippen LogP contribution in [0.15, 0.2) is 82.6 Å². The lowest BCUT2D eigenvalue weighted by Crippen LogP contribution is -2.26. The summed E-state index contributed by atoms with van der Waals surface area (Å²) in [5, 5.41) is 5.86. The monoisotopic (exact) mass is 404 g/mol. The van der Waals surface area contributed by atoms with Crippen molar-refractivity contribution in [3.8, 4) is 0 Å². The van der Waals surface area contributed by atoms with Gasteiger partial charge in [-0.15, -0.1) is 0 Å². The van der Waals surface area contributed by atoms with Crippen molar-refractivity contribution in [1.82, 2.24) is 5.32 Å². The van der Waals surface area contributed by atoms with Crippen molar-refractivity contribution in [2.75, 3.05) is 5.32 Å². The Morgan fingerprint density at radius 3 is 2.28 bits per heavy atom. The summed E-state index contributed by atoms with van der Waals surface area (Å²) in [6.07, 6.45) is 0. The van der Waals surface area contributed by atoms with E-state index in [1.54, 1.807) is 23.9 Å². The number of amides is 2. The van der Waals surface area contributed by atoms with E-state index in [2.05, 4.69) is 10.6 Å². The Hall–Kier alpha value is -3.05. The van der Waals surface area contributed by atoms with Crippen molar-refractivity contribution >= 4 is 29.3 Å². The second kappa shape index (κ2) is 9.43. The second-order valence-corrected chi connectivity index (χ2v) is 8.03. The molecule has 0 aliphatic carbocycles. The van der Waals surface area contributed by atoms with Crippen LogP contribution in [0.5, 0.6) is 0 Å². The van der Waals surface area contributed by atoms with E-state index in [-0.39, 0.29) is 17.9 Å². The molecule has 148 valence electrons. The van der Waals surface area contributed by atoms with Crippen LogP contribution in [0.4, 0.5) is 5.69 Å². The lowest BCUT2D eigenvalue weighted by molar-refractivity contribution is -0.114. The third-order valence-electron chi connectivity index (χ3n) is 4.45. The first kappa shape index (κ1) is 20.7. The zero-order valence-corrected chi connectivity index (χ0v) is 17.5. The maximum Gasteiger partial charge on any atom is 0.251 e. The third-order valence-corrected chi connectivity index (χ3v) is 5.53. The molecule has 5 heteroatoms. The van der Waals surface area contributed by atoms with Gasteiger partial charge in [-0.3, -0.25) is 9.59 Å². The van der Waals surface area contributed by atoms with E-state index < -0.39 is 0 Å². The molecular formula is C24H24N2O2S. The summed E-state index contributed by atoms with van der Waals surface area (Å²) in [6.45, 7) is 5.45. The molecule has 0 unspecified atom stereocenters. The minimum atomic E-state index is -0.181. The number of hydrogen-bond acceptors (Lipinski definition) is 3. The number of nitrogens with one attached hydrogen (secondary N) is 2. The Bertz CT molecular complexity index is 1000. The fraction of sp³-hybridized carbons (Fsp3) is 0.167. The largest absolute Gasteiger partial charge is 0.346 e. The molecule has 0 aliphatic heterocycles. The maximum atomic E-state index is 12.7. The maximum absolute atomic E-state index is 12.7. The summed E-state index contributed by atoms with van der Waals surface area (Å²) < 4.78 is 0. The first-order valence-electron chi connectivity index (χ1n) is 9.44. The molecule has 0 radical (unpaired) electrons. The van der Waals surface area contributed by atoms with Crippen molar-refractivity contribution in [2.24, 2.45) is 0 Å². The van der Waals surface area contributed by atoms with Crippen molar-refractivity contribution < 1.29 is 9.59 Å². The van der Waals surface area contributed by atoms with Crippen LogP contribution in [0.3, 0.4) is 0 Å². The van der Waals surface area contributed by atoms with E-state index in [0.29, 0.717) is 11.3 Å². The summed E-state index contributed by atoms with van der Waals surface area (Å²) in [6, 6.07) is 23.3. The fourth-order valence-corrected chi connectivity index (χ4v) is 3.77. The highest BCUT2D eigenvalue weighted by Crippen LogP contribution is 2.34. The van der Waals surface area contributed by atoms with Crippen molar-refractivity contribution in [3.05, 3.63) is 89.5 Å². The quantitative estimate of drug-likeness (QED) is 0.563. The average molecular weight is 405 g/mol. The van der Waals surface area contributed by atoms with Crippen molar-refractivity contribution in [3.63, 3.8) is 0 Å². The SMILES string of the molecule is CC(=O)Nc1cc(C(=O)N[C@@H](C)c2ccccc2)ccc1Sc1ccc(C)cc1. The van der Waals surface area contributed by atoms with Gasteiger partial charge in [0.15, 0.2) is 0 Å². The number of anilines is 1. The average Bonchev–Trinajstić information content (AvgIpc) is 2.71. The summed E-state index contributed by atoms with van der Waals surface area (Å²) in [7, 11) is 0. The second-order valence-electron chi connectivity index (χ2n) is 6.91. The number of carbonyl (C=O) groups is 2. The Morgan fingerprint density at radius 1 is 0.931 bits per heavy atom. The molecule has 0 fully saturated rings. The Morgan fingerprint density at radius 2 is 1.62 bits per heavy atom. The van der Waals surface area contributed by atoms with E-state index in [0.717, 1.165) is 15.4 Å². The molecule has 2 N–H and O–H groups in total. The molecule has 0 aliphatic rings. The molecule has 0 heterocycles. The molecule has 3 aromatic carbocycles. The Labute approximate surface area is 175 Å². The van der Waals surface area contributed by atoms with E-state index in [1.165, 1.54) is 12.5 Å². The van der Waals surface area contributed by atoms with Gasteiger partial charge < -0.3 is 10.6 Å². The number of hydrogen-bond donors (Lipinski definition) is 2. The van der Waals surface area contributed by atoms with Gasteiger partial charge in [0.1, 0.15) is 0 Å². The number of benzene rings is 3. The molecule has 0 saturated heterocycles. The highest BCUT2D eigenvalue weighted by molar-refractivity contribution is 7.99. The summed E-state index contributed by atoms with van der Waals surface area (Å²) in [5.74, 6) is -0.356. The summed E-state index contributed by atoms with van der Waals surface area (Å²) in [5.41, 5.74) is 3.36. The van der Waals surface area contributed by atoms with Gasteiger partial charge in [-0.2, -0.15) is 0 Å². The zero-order chi connectivity index (χ0) is 20.8. The lowest BCUT2D eigenvalue weighted by Gasteiger charge is -2.16. The standard InChI is InChI=1S/C24H24N2O2S/c1-16-9-12-21(13-10-16)29-23-14-11-20(15-22(23)26-18(3)27)24(28)25-17(2)19-7-5-4-6-8-19/h4-15,17H,1-3H3,(H,25,28)(H,26,27)/t17-/m0/s1. The lowest BCUT2D eigenvalue weighted by atomic mass is 10.1. The normalized spacial score (nSPS) is 11.6. The van der Waals surface area contributed by atoms with Crippen LogP contribution in [-0.2, 0) is 4.79 Å². The number of aryl methyl sites for hydroxylation is 1. The molecule has 0 spiro atoms. The zero-order valence-electron chi connectivity index (χ0n) is 16.7. The molecule has 3 rings (SSSR count). The van der Waals surface area contributed by atoms with Crippen LogP contribution in [0.1, 0.15) is 41.4 Å². The minimum absolute atomic E-state index is 0.116. The van der Waals surface area contributed by atoms with Crippen LogP contribution in [0, 0.1) is 6.92 Å². The summed E-state index contributed by atoms with van der Waals surface area (Å²) in [4.78, 5) is 26.4. The highest BCUT2D eigenvalue weighted by atomic mass is 32.2. The van der Waals surface area contributed by atoms with Crippen molar-refractivity contribution in [2.45, 2.75) is 36.6 Å². The molecule has 1 atom stereocenters. The fourth-order valence-electron chi connectivity index (χ4n) is 2.89. The molecule has 0 aromatic heterocycles. The molecule has 2 amide bonds. The van der Waals surface area contributed by atoms with Crippen molar-refractivity contribution in [1.29, 1.82) is 0 Å². The van der Waals surface area contributed by atoms with Crippen LogP contribution in [0.25, 0.3) is 0 Å². The smallest absolute Gasteiger partial charge is 0.251 e. The van der Waals surface area contributed by atoms with Crippen LogP contribution in [-0.4, -0.2) is 11.8 Å². The third kappa shape index (κ3) is 5.72. The van der Waals surface area contributed by atoms with Crippen LogP contribution in [0.2, 0.25) is 0 Å². The number of rotatable bonds is 6. The minimum Gasteiger partial charge on any atom is -0.346 e. The molecule has 0 saturated carbocycles. The van der Waals surface area contributed by atoms with E-state index in [1.807, 2.05) is 74.5 Å². The van der Waals surface area contributed by atoms with E-state index in [9.17, 15) is 9.59 Å². The van der Waals surface area contributed by atoms with Gasteiger partial charge in [0, 0.05) is 22.3 Å². The molecular weight excluding hydrogens is 380 g/mol. The Balaban J connectivity index is 1.81. The van der Waals surface area contributed by atoms with E-state index in [4.69, 9.17) is 0 Å².